The minimum absolute atomic E-state index is 0.0737. The Hall–Kier alpha value is -2.36. The van der Waals surface area contributed by atoms with Crippen molar-refractivity contribution in [2.24, 2.45) is 10.5 Å². The number of carbonyl (C=O) groups excluding carboxylic acids is 1. The van der Waals surface area contributed by atoms with Crippen molar-refractivity contribution in [1.82, 2.24) is 5.43 Å². The summed E-state index contributed by atoms with van der Waals surface area (Å²) in [6.07, 6.45) is -0.618. The molecule has 2 aromatic carbocycles. The highest BCUT2D eigenvalue weighted by atomic mass is 16.5. The number of benzene rings is 2. The Balaban J connectivity index is 2.02. The van der Waals surface area contributed by atoms with Gasteiger partial charge in [0.15, 0.2) is 6.10 Å². The number of rotatable bonds is 4. The van der Waals surface area contributed by atoms with E-state index >= 15 is 0 Å². The molecule has 0 saturated heterocycles. The van der Waals surface area contributed by atoms with Gasteiger partial charge in [-0.1, -0.05) is 51.1 Å². The number of hydrazone groups is 1. The molecule has 0 aliphatic rings. The first kappa shape index (κ1) is 17.0. The van der Waals surface area contributed by atoms with E-state index in [-0.39, 0.29) is 11.3 Å². The van der Waals surface area contributed by atoms with Gasteiger partial charge in [-0.05, 0) is 36.8 Å². The molecule has 0 aliphatic carbocycles. The standard InChI is InChI=1S/C19H24N2O2/c1-13(18(22)21-20-14(2)19(3,4)5)23-17-11-10-15-8-6-7-9-16(15)12-17/h6-13H,1-5H3,(H,21,22)/b20-14-/t13-/m1/s1. The first-order valence-corrected chi connectivity index (χ1v) is 7.77. The molecule has 122 valence electrons. The third-order valence-corrected chi connectivity index (χ3v) is 3.82. The summed E-state index contributed by atoms with van der Waals surface area (Å²) in [6.45, 7) is 9.76. The fraction of sp³-hybridized carbons (Fsp3) is 0.368. The molecule has 2 aromatic rings. The SMILES string of the molecule is C/C(=N/NC(=O)[C@@H](C)Oc1ccc2ccccc2c1)C(C)(C)C. The maximum absolute atomic E-state index is 12.1. The normalized spacial score (nSPS) is 13.7. The maximum Gasteiger partial charge on any atom is 0.280 e. The number of fused-ring (bicyclic) bond motifs is 1. The van der Waals surface area contributed by atoms with Gasteiger partial charge in [0, 0.05) is 11.1 Å². The van der Waals surface area contributed by atoms with Gasteiger partial charge < -0.3 is 4.74 Å². The largest absolute Gasteiger partial charge is 0.481 e. The summed E-state index contributed by atoms with van der Waals surface area (Å²) in [7, 11) is 0. The van der Waals surface area contributed by atoms with Gasteiger partial charge in [0.25, 0.3) is 5.91 Å². The van der Waals surface area contributed by atoms with Gasteiger partial charge in [0.2, 0.25) is 0 Å². The first-order chi connectivity index (χ1) is 10.8. The minimum atomic E-state index is -0.618. The Morgan fingerprint density at radius 3 is 2.43 bits per heavy atom. The monoisotopic (exact) mass is 312 g/mol. The molecule has 0 fully saturated rings. The second kappa shape index (κ2) is 6.82. The zero-order chi connectivity index (χ0) is 17.0. The fourth-order valence-corrected chi connectivity index (χ4v) is 1.90. The van der Waals surface area contributed by atoms with Crippen LogP contribution in [0.2, 0.25) is 0 Å². The van der Waals surface area contributed by atoms with Crippen molar-refractivity contribution < 1.29 is 9.53 Å². The summed E-state index contributed by atoms with van der Waals surface area (Å²) >= 11 is 0. The third kappa shape index (κ3) is 4.55. The molecule has 2 rings (SSSR count). The van der Waals surface area contributed by atoms with Crippen molar-refractivity contribution in [3.05, 3.63) is 42.5 Å². The minimum Gasteiger partial charge on any atom is -0.481 e. The summed E-state index contributed by atoms with van der Waals surface area (Å²) in [5.74, 6) is 0.407. The quantitative estimate of drug-likeness (QED) is 0.681. The second-order valence-electron chi connectivity index (χ2n) is 6.69. The number of carbonyl (C=O) groups is 1. The van der Waals surface area contributed by atoms with Gasteiger partial charge in [-0.25, -0.2) is 5.43 Å². The van der Waals surface area contributed by atoms with E-state index in [9.17, 15) is 4.79 Å². The van der Waals surface area contributed by atoms with Crippen molar-refractivity contribution >= 4 is 22.4 Å². The average Bonchev–Trinajstić information content (AvgIpc) is 2.51. The molecule has 1 amide bonds. The van der Waals surface area contributed by atoms with E-state index in [1.807, 2.05) is 70.2 Å². The van der Waals surface area contributed by atoms with Gasteiger partial charge in [-0.2, -0.15) is 5.10 Å². The Morgan fingerprint density at radius 2 is 1.78 bits per heavy atom. The molecular weight excluding hydrogens is 288 g/mol. The van der Waals surface area contributed by atoms with Crippen LogP contribution < -0.4 is 10.2 Å². The van der Waals surface area contributed by atoms with Crippen LogP contribution in [0, 0.1) is 5.41 Å². The van der Waals surface area contributed by atoms with E-state index in [4.69, 9.17) is 4.74 Å². The second-order valence-corrected chi connectivity index (χ2v) is 6.69. The lowest BCUT2D eigenvalue weighted by atomic mass is 9.91. The molecule has 0 saturated carbocycles. The molecule has 0 spiro atoms. The molecule has 1 N–H and O–H groups in total. The highest BCUT2D eigenvalue weighted by Crippen LogP contribution is 2.21. The number of hydrogen-bond acceptors (Lipinski definition) is 3. The predicted octanol–water partition coefficient (Wildman–Crippen LogP) is 4.15. The summed E-state index contributed by atoms with van der Waals surface area (Å²) < 4.78 is 5.72. The highest BCUT2D eigenvalue weighted by Gasteiger charge is 2.17. The van der Waals surface area contributed by atoms with Crippen molar-refractivity contribution in [2.45, 2.75) is 40.7 Å². The maximum atomic E-state index is 12.1. The Morgan fingerprint density at radius 1 is 1.13 bits per heavy atom. The molecule has 0 aliphatic heterocycles. The molecule has 0 heterocycles. The molecule has 23 heavy (non-hydrogen) atoms. The van der Waals surface area contributed by atoms with Crippen LogP contribution in [0.3, 0.4) is 0 Å². The molecule has 4 heteroatoms. The van der Waals surface area contributed by atoms with Gasteiger partial charge in [0.05, 0.1) is 0 Å². The van der Waals surface area contributed by atoms with E-state index in [0.29, 0.717) is 5.75 Å². The molecule has 0 bridgehead atoms. The predicted molar refractivity (Wildman–Crippen MR) is 94.7 cm³/mol. The van der Waals surface area contributed by atoms with Crippen LogP contribution in [0.25, 0.3) is 10.8 Å². The number of hydrogen-bond donors (Lipinski definition) is 1. The smallest absolute Gasteiger partial charge is 0.280 e. The van der Waals surface area contributed by atoms with Gasteiger partial charge >= 0.3 is 0 Å². The Kier molecular flexibility index (Phi) is 5.04. The zero-order valence-electron chi connectivity index (χ0n) is 14.4. The zero-order valence-corrected chi connectivity index (χ0v) is 14.4. The van der Waals surface area contributed by atoms with Crippen molar-refractivity contribution in [2.75, 3.05) is 0 Å². The van der Waals surface area contributed by atoms with Crippen molar-refractivity contribution in [1.29, 1.82) is 0 Å². The average molecular weight is 312 g/mol. The Labute approximate surface area is 137 Å². The van der Waals surface area contributed by atoms with Crippen LogP contribution >= 0.6 is 0 Å². The first-order valence-electron chi connectivity index (χ1n) is 7.77. The lowest BCUT2D eigenvalue weighted by molar-refractivity contribution is -0.127. The van der Waals surface area contributed by atoms with Crippen LogP contribution in [-0.2, 0) is 4.79 Å². The fourth-order valence-electron chi connectivity index (χ4n) is 1.90. The summed E-state index contributed by atoms with van der Waals surface area (Å²) in [5, 5.41) is 6.37. The highest BCUT2D eigenvalue weighted by molar-refractivity contribution is 5.89. The van der Waals surface area contributed by atoms with Crippen LogP contribution in [0.5, 0.6) is 5.75 Å². The number of nitrogens with zero attached hydrogens (tertiary/aromatic N) is 1. The van der Waals surface area contributed by atoms with Gasteiger partial charge in [-0.15, -0.1) is 0 Å². The van der Waals surface area contributed by atoms with Crippen LogP contribution in [0.4, 0.5) is 0 Å². The van der Waals surface area contributed by atoms with Gasteiger partial charge in [0.1, 0.15) is 5.75 Å². The summed E-state index contributed by atoms with van der Waals surface area (Å²) in [6, 6.07) is 13.8. The number of amides is 1. The molecule has 0 aromatic heterocycles. The van der Waals surface area contributed by atoms with Crippen LogP contribution in [0.1, 0.15) is 34.6 Å². The van der Waals surface area contributed by atoms with Crippen LogP contribution in [0.15, 0.2) is 47.6 Å². The van der Waals surface area contributed by atoms with Crippen molar-refractivity contribution in [3.63, 3.8) is 0 Å². The Bertz CT molecular complexity index is 729. The van der Waals surface area contributed by atoms with E-state index < -0.39 is 6.10 Å². The van der Waals surface area contributed by atoms with Crippen molar-refractivity contribution in [3.8, 4) is 5.75 Å². The van der Waals surface area contributed by atoms with Crippen LogP contribution in [-0.4, -0.2) is 17.7 Å². The number of ether oxygens (including phenoxy) is 1. The van der Waals surface area contributed by atoms with Gasteiger partial charge in [-0.3, -0.25) is 4.79 Å². The third-order valence-electron chi connectivity index (χ3n) is 3.82. The molecule has 1 atom stereocenters. The molecule has 0 unspecified atom stereocenters. The van der Waals surface area contributed by atoms with E-state index in [0.717, 1.165) is 16.5 Å². The lowest BCUT2D eigenvalue weighted by Gasteiger charge is -2.18. The topological polar surface area (TPSA) is 50.7 Å². The summed E-state index contributed by atoms with van der Waals surface area (Å²) in [4.78, 5) is 12.1. The molecule has 0 radical (unpaired) electrons. The van der Waals surface area contributed by atoms with E-state index in [1.165, 1.54) is 0 Å². The van der Waals surface area contributed by atoms with E-state index in [1.54, 1.807) is 6.92 Å². The van der Waals surface area contributed by atoms with E-state index in [2.05, 4.69) is 10.5 Å². The number of nitrogens with one attached hydrogen (secondary N) is 1. The summed E-state index contributed by atoms with van der Waals surface area (Å²) in [5.41, 5.74) is 3.36. The molecule has 4 nitrogen and oxygen atoms in total. The lowest BCUT2D eigenvalue weighted by Crippen LogP contribution is -2.34. The molecular formula is C19H24N2O2.